The number of rotatable bonds is 3. The lowest BCUT2D eigenvalue weighted by Crippen LogP contribution is -1.96. The summed E-state index contributed by atoms with van der Waals surface area (Å²) in [5, 5.41) is 0. The Kier molecular flexibility index (Phi) is 3.56. The fourth-order valence-electron chi connectivity index (χ4n) is 2.18. The van der Waals surface area contributed by atoms with Gasteiger partial charge >= 0.3 is 0 Å². The lowest BCUT2D eigenvalue weighted by molar-refractivity contribution is 0.467. The highest BCUT2D eigenvalue weighted by molar-refractivity contribution is 5.71. The van der Waals surface area contributed by atoms with E-state index < -0.39 is 0 Å². The van der Waals surface area contributed by atoms with Crippen molar-refractivity contribution in [3.63, 3.8) is 0 Å². The molecule has 2 aromatic carbocycles. The van der Waals surface area contributed by atoms with E-state index in [1.54, 1.807) is 6.20 Å². The molecule has 0 saturated carbocycles. The topological polar surface area (TPSA) is 48.1 Å². The molecule has 0 saturated heterocycles. The number of nitrogens with two attached hydrogens (primary N) is 1. The van der Waals surface area contributed by atoms with Gasteiger partial charge in [-0.3, -0.25) is 0 Å². The molecule has 3 heteroatoms. The number of aromatic nitrogens is 1. The van der Waals surface area contributed by atoms with Gasteiger partial charge in [0.1, 0.15) is 5.75 Å². The van der Waals surface area contributed by atoms with Crippen LogP contribution < -0.4 is 10.5 Å². The van der Waals surface area contributed by atoms with E-state index in [1.807, 2.05) is 67.6 Å². The maximum atomic E-state index is 5.97. The number of benzene rings is 2. The van der Waals surface area contributed by atoms with Gasteiger partial charge in [0.05, 0.1) is 5.69 Å². The standard InChI is InChI=1S/C18H16N2O/c1-13-11-16(19)18(20-12-13)21-17-10-6-5-9-15(17)14-7-3-2-4-8-14/h2-12H,19H2,1H3. The van der Waals surface area contributed by atoms with E-state index in [0.717, 1.165) is 22.4 Å². The summed E-state index contributed by atoms with van der Waals surface area (Å²) >= 11 is 0. The van der Waals surface area contributed by atoms with Crippen molar-refractivity contribution >= 4 is 5.69 Å². The molecule has 1 aromatic heterocycles. The van der Waals surface area contributed by atoms with E-state index in [9.17, 15) is 0 Å². The van der Waals surface area contributed by atoms with Gasteiger partial charge < -0.3 is 10.5 Å². The van der Waals surface area contributed by atoms with Crippen molar-refractivity contribution in [3.05, 3.63) is 72.4 Å². The van der Waals surface area contributed by atoms with E-state index in [2.05, 4.69) is 4.98 Å². The van der Waals surface area contributed by atoms with Crippen LogP contribution in [0.15, 0.2) is 66.9 Å². The summed E-state index contributed by atoms with van der Waals surface area (Å²) in [6, 6.07) is 19.8. The van der Waals surface area contributed by atoms with E-state index >= 15 is 0 Å². The highest BCUT2D eigenvalue weighted by Crippen LogP contribution is 2.34. The van der Waals surface area contributed by atoms with Crippen molar-refractivity contribution in [2.75, 3.05) is 5.73 Å². The lowest BCUT2D eigenvalue weighted by Gasteiger charge is -2.12. The Morgan fingerprint density at radius 2 is 1.67 bits per heavy atom. The quantitative estimate of drug-likeness (QED) is 0.769. The molecule has 3 nitrogen and oxygen atoms in total. The Hall–Kier alpha value is -2.81. The Labute approximate surface area is 124 Å². The van der Waals surface area contributed by atoms with Crippen molar-refractivity contribution in [2.45, 2.75) is 6.92 Å². The van der Waals surface area contributed by atoms with Crippen LogP contribution in [-0.2, 0) is 0 Å². The van der Waals surface area contributed by atoms with Gasteiger partial charge in [-0.25, -0.2) is 4.98 Å². The first-order valence-corrected chi connectivity index (χ1v) is 6.78. The highest BCUT2D eigenvalue weighted by atomic mass is 16.5. The predicted molar refractivity (Wildman–Crippen MR) is 85.3 cm³/mol. The molecule has 104 valence electrons. The minimum absolute atomic E-state index is 0.434. The molecule has 3 aromatic rings. The molecule has 3 rings (SSSR count). The fourth-order valence-corrected chi connectivity index (χ4v) is 2.18. The Balaban J connectivity index is 2.00. The van der Waals surface area contributed by atoms with Gasteiger partial charge in [-0.1, -0.05) is 48.5 Å². The van der Waals surface area contributed by atoms with Gasteiger partial charge in [-0.15, -0.1) is 0 Å². The van der Waals surface area contributed by atoms with Crippen molar-refractivity contribution in [3.8, 4) is 22.8 Å². The third-order valence-corrected chi connectivity index (χ3v) is 3.19. The molecule has 21 heavy (non-hydrogen) atoms. The SMILES string of the molecule is Cc1cnc(Oc2ccccc2-c2ccccc2)c(N)c1. The van der Waals surface area contributed by atoms with Gasteiger partial charge in [0, 0.05) is 11.8 Å². The fraction of sp³-hybridized carbons (Fsp3) is 0.0556. The van der Waals surface area contributed by atoms with Gasteiger partial charge in [0.25, 0.3) is 0 Å². The second-order valence-electron chi connectivity index (χ2n) is 4.87. The van der Waals surface area contributed by atoms with Crippen LogP contribution in [-0.4, -0.2) is 4.98 Å². The number of nitrogens with zero attached hydrogens (tertiary/aromatic N) is 1. The molecular weight excluding hydrogens is 260 g/mol. The summed E-state index contributed by atoms with van der Waals surface area (Å²) in [5.41, 5.74) is 9.63. The molecule has 0 atom stereocenters. The summed E-state index contributed by atoms with van der Waals surface area (Å²) < 4.78 is 5.91. The summed E-state index contributed by atoms with van der Waals surface area (Å²) in [5.74, 6) is 1.18. The summed E-state index contributed by atoms with van der Waals surface area (Å²) in [6.07, 6.45) is 1.75. The molecule has 0 bridgehead atoms. The van der Waals surface area contributed by atoms with Crippen LogP contribution in [0.1, 0.15) is 5.56 Å². The molecule has 0 radical (unpaired) electrons. The van der Waals surface area contributed by atoms with Crippen molar-refractivity contribution in [1.29, 1.82) is 0 Å². The Morgan fingerprint density at radius 3 is 2.43 bits per heavy atom. The van der Waals surface area contributed by atoms with Crippen molar-refractivity contribution in [2.24, 2.45) is 0 Å². The first-order valence-electron chi connectivity index (χ1n) is 6.78. The number of hydrogen-bond acceptors (Lipinski definition) is 3. The van der Waals surface area contributed by atoms with Crippen LogP contribution in [0.2, 0.25) is 0 Å². The van der Waals surface area contributed by atoms with Crippen molar-refractivity contribution < 1.29 is 4.74 Å². The summed E-state index contributed by atoms with van der Waals surface area (Å²) in [7, 11) is 0. The number of para-hydroxylation sites is 1. The van der Waals surface area contributed by atoms with Crippen LogP contribution in [0.25, 0.3) is 11.1 Å². The van der Waals surface area contributed by atoms with Crippen LogP contribution in [0.4, 0.5) is 5.69 Å². The third kappa shape index (κ3) is 2.87. The first kappa shape index (κ1) is 13.2. The van der Waals surface area contributed by atoms with Crippen LogP contribution in [0.5, 0.6) is 11.6 Å². The van der Waals surface area contributed by atoms with Gasteiger partial charge in [-0.2, -0.15) is 0 Å². The molecule has 0 amide bonds. The number of pyridine rings is 1. The number of aryl methyl sites for hydroxylation is 1. The van der Waals surface area contributed by atoms with Crippen LogP contribution >= 0.6 is 0 Å². The number of anilines is 1. The largest absolute Gasteiger partial charge is 0.436 e. The zero-order valence-corrected chi connectivity index (χ0v) is 11.8. The van der Waals surface area contributed by atoms with Gasteiger partial charge in [-0.05, 0) is 30.2 Å². The zero-order valence-electron chi connectivity index (χ0n) is 11.8. The second-order valence-corrected chi connectivity index (χ2v) is 4.87. The molecule has 0 unspecified atom stereocenters. The van der Waals surface area contributed by atoms with E-state index in [4.69, 9.17) is 10.5 Å². The molecular formula is C18H16N2O. The highest BCUT2D eigenvalue weighted by Gasteiger charge is 2.09. The first-order chi connectivity index (χ1) is 10.2. The molecule has 0 spiro atoms. The van der Waals surface area contributed by atoms with Gasteiger partial charge in [0.15, 0.2) is 0 Å². The van der Waals surface area contributed by atoms with Crippen LogP contribution in [0, 0.1) is 6.92 Å². The average molecular weight is 276 g/mol. The van der Waals surface area contributed by atoms with E-state index in [1.165, 1.54) is 0 Å². The van der Waals surface area contributed by atoms with E-state index in [0.29, 0.717) is 11.6 Å². The average Bonchev–Trinajstić information content (AvgIpc) is 2.51. The maximum Gasteiger partial charge on any atom is 0.242 e. The predicted octanol–water partition coefficient (Wildman–Crippen LogP) is 4.43. The number of nitrogen functional groups attached to an aromatic ring is 1. The normalized spacial score (nSPS) is 10.3. The molecule has 0 aliphatic rings. The maximum absolute atomic E-state index is 5.97. The molecule has 1 heterocycles. The molecule has 0 aliphatic heterocycles. The summed E-state index contributed by atoms with van der Waals surface area (Å²) in [4.78, 5) is 4.26. The van der Waals surface area contributed by atoms with Crippen LogP contribution in [0.3, 0.4) is 0 Å². The zero-order chi connectivity index (χ0) is 14.7. The molecule has 0 fully saturated rings. The smallest absolute Gasteiger partial charge is 0.242 e. The lowest BCUT2D eigenvalue weighted by atomic mass is 10.1. The molecule has 2 N–H and O–H groups in total. The van der Waals surface area contributed by atoms with E-state index in [-0.39, 0.29) is 0 Å². The number of hydrogen-bond donors (Lipinski definition) is 1. The summed E-state index contributed by atoms with van der Waals surface area (Å²) in [6.45, 7) is 1.95. The van der Waals surface area contributed by atoms with Crippen molar-refractivity contribution in [1.82, 2.24) is 4.98 Å². The van der Waals surface area contributed by atoms with Gasteiger partial charge in [0.2, 0.25) is 5.88 Å². The third-order valence-electron chi connectivity index (χ3n) is 3.19. The minimum atomic E-state index is 0.434. The minimum Gasteiger partial charge on any atom is -0.436 e. The monoisotopic (exact) mass is 276 g/mol. The number of ether oxygens (including phenoxy) is 1. The Bertz CT molecular complexity index is 754. The second kappa shape index (κ2) is 5.67. The molecule has 0 aliphatic carbocycles. The Morgan fingerprint density at radius 1 is 0.952 bits per heavy atom.